The first-order chi connectivity index (χ1) is 9.02. The van der Waals surface area contributed by atoms with Crippen molar-refractivity contribution < 1.29 is 19.8 Å². The van der Waals surface area contributed by atoms with Crippen LogP contribution < -0.4 is 10.6 Å². The molecular formula is C11H18N4O4. The van der Waals surface area contributed by atoms with Gasteiger partial charge < -0.3 is 25.8 Å². The Morgan fingerprint density at radius 3 is 2.79 bits per heavy atom. The van der Waals surface area contributed by atoms with Gasteiger partial charge in [0, 0.05) is 31.8 Å². The van der Waals surface area contributed by atoms with E-state index >= 15 is 0 Å². The van der Waals surface area contributed by atoms with Crippen molar-refractivity contribution in [3.05, 3.63) is 18.2 Å². The molecule has 0 saturated heterocycles. The minimum Gasteiger partial charge on any atom is -0.394 e. The van der Waals surface area contributed by atoms with E-state index in [0.29, 0.717) is 5.69 Å². The fourth-order valence-corrected chi connectivity index (χ4v) is 1.48. The summed E-state index contributed by atoms with van der Waals surface area (Å²) in [5.41, 5.74) is 0.705. The van der Waals surface area contributed by atoms with Gasteiger partial charge in [0.2, 0.25) is 11.8 Å². The predicted molar refractivity (Wildman–Crippen MR) is 66.0 cm³/mol. The lowest BCUT2D eigenvalue weighted by atomic mass is 10.1. The van der Waals surface area contributed by atoms with Crippen LogP contribution in [0.1, 0.15) is 12.6 Å². The fraction of sp³-hybridized carbons (Fsp3) is 0.545. The first-order valence-corrected chi connectivity index (χ1v) is 5.84. The molecule has 19 heavy (non-hydrogen) atoms. The highest BCUT2D eigenvalue weighted by molar-refractivity contribution is 5.87. The molecule has 8 heteroatoms. The van der Waals surface area contributed by atoms with Crippen LogP contribution in [0.3, 0.4) is 0 Å². The largest absolute Gasteiger partial charge is 0.394 e. The van der Waals surface area contributed by atoms with Crippen LogP contribution in [0.4, 0.5) is 0 Å². The molecule has 0 bridgehead atoms. The normalized spacial score (nSPS) is 13.6. The number of imidazole rings is 1. The SMILES string of the molecule is CC(=O)N[C@@H](Cc1cnc[nH]1)C(=O)NCC(O)CO. The molecule has 8 nitrogen and oxygen atoms in total. The lowest BCUT2D eigenvalue weighted by Gasteiger charge is -2.18. The lowest BCUT2D eigenvalue weighted by molar-refractivity contribution is -0.128. The summed E-state index contributed by atoms with van der Waals surface area (Å²) < 4.78 is 0. The molecule has 2 atom stereocenters. The van der Waals surface area contributed by atoms with E-state index in [1.165, 1.54) is 13.3 Å². The van der Waals surface area contributed by atoms with Gasteiger partial charge in [-0.2, -0.15) is 0 Å². The van der Waals surface area contributed by atoms with E-state index < -0.39 is 24.7 Å². The molecule has 0 saturated carbocycles. The Morgan fingerprint density at radius 2 is 2.26 bits per heavy atom. The molecule has 0 aromatic carbocycles. The number of aliphatic hydroxyl groups is 2. The molecule has 0 aliphatic heterocycles. The molecule has 1 rings (SSSR count). The van der Waals surface area contributed by atoms with E-state index in [2.05, 4.69) is 20.6 Å². The van der Waals surface area contributed by atoms with Crippen LogP contribution >= 0.6 is 0 Å². The number of rotatable bonds is 7. The van der Waals surface area contributed by atoms with Crippen molar-refractivity contribution in [1.29, 1.82) is 0 Å². The van der Waals surface area contributed by atoms with E-state index in [1.54, 1.807) is 6.20 Å². The maximum Gasteiger partial charge on any atom is 0.243 e. The number of aliphatic hydroxyl groups excluding tert-OH is 2. The molecule has 0 spiro atoms. The Hall–Kier alpha value is -1.93. The Bertz CT molecular complexity index is 407. The van der Waals surface area contributed by atoms with Crippen LogP contribution in [0.2, 0.25) is 0 Å². The summed E-state index contributed by atoms with van der Waals surface area (Å²) in [5, 5.41) is 22.8. The van der Waals surface area contributed by atoms with Gasteiger partial charge >= 0.3 is 0 Å². The summed E-state index contributed by atoms with van der Waals surface area (Å²) in [5.74, 6) is -0.764. The van der Waals surface area contributed by atoms with Gasteiger partial charge in [0.05, 0.1) is 19.0 Å². The summed E-state index contributed by atoms with van der Waals surface area (Å²) in [7, 11) is 0. The van der Waals surface area contributed by atoms with Crippen molar-refractivity contribution >= 4 is 11.8 Å². The average Bonchev–Trinajstić information content (AvgIpc) is 2.87. The van der Waals surface area contributed by atoms with Crippen molar-refractivity contribution in [2.24, 2.45) is 0 Å². The summed E-state index contributed by atoms with van der Waals surface area (Å²) in [6.07, 6.45) is 2.29. The number of nitrogens with one attached hydrogen (secondary N) is 3. The number of carbonyl (C=O) groups is 2. The van der Waals surface area contributed by atoms with E-state index in [4.69, 9.17) is 10.2 Å². The van der Waals surface area contributed by atoms with Crippen LogP contribution in [-0.2, 0) is 16.0 Å². The summed E-state index contributed by atoms with van der Waals surface area (Å²) in [6, 6.07) is -0.760. The second kappa shape index (κ2) is 7.49. The molecule has 1 aromatic rings. The number of aromatic nitrogens is 2. The number of carbonyl (C=O) groups excluding carboxylic acids is 2. The predicted octanol–water partition coefficient (Wildman–Crippen LogP) is -2.07. The molecule has 2 amide bonds. The van der Waals surface area contributed by atoms with Crippen LogP contribution in [0.15, 0.2) is 12.5 Å². The number of H-pyrrole nitrogens is 1. The van der Waals surface area contributed by atoms with Gasteiger partial charge in [0.25, 0.3) is 0 Å². The topological polar surface area (TPSA) is 127 Å². The maximum atomic E-state index is 11.9. The first-order valence-electron chi connectivity index (χ1n) is 5.84. The Balaban J connectivity index is 2.57. The molecule has 0 aliphatic rings. The standard InChI is InChI=1S/C11H18N4O4/c1-7(17)15-10(2-8-3-12-6-14-8)11(19)13-4-9(18)5-16/h3,6,9-10,16,18H,2,4-5H2,1H3,(H,12,14)(H,13,19)(H,15,17)/t9?,10-/m0/s1. The molecule has 106 valence electrons. The molecule has 0 fully saturated rings. The van der Waals surface area contributed by atoms with E-state index in [9.17, 15) is 9.59 Å². The highest BCUT2D eigenvalue weighted by atomic mass is 16.3. The second-order valence-corrected chi connectivity index (χ2v) is 4.12. The summed E-state index contributed by atoms with van der Waals surface area (Å²) in [6.45, 7) is 0.801. The number of amides is 2. The van der Waals surface area contributed by atoms with Crippen LogP contribution in [0.25, 0.3) is 0 Å². The summed E-state index contributed by atoms with van der Waals surface area (Å²) in [4.78, 5) is 29.6. The smallest absolute Gasteiger partial charge is 0.243 e. The second-order valence-electron chi connectivity index (χ2n) is 4.12. The fourth-order valence-electron chi connectivity index (χ4n) is 1.48. The van der Waals surface area contributed by atoms with Crippen LogP contribution in [-0.4, -0.2) is 57.3 Å². The first kappa shape index (κ1) is 15.1. The molecular weight excluding hydrogens is 252 g/mol. The van der Waals surface area contributed by atoms with E-state index in [-0.39, 0.29) is 18.9 Å². The van der Waals surface area contributed by atoms with Gasteiger partial charge in [-0.1, -0.05) is 0 Å². The van der Waals surface area contributed by atoms with Crippen LogP contribution in [0, 0.1) is 0 Å². The Morgan fingerprint density at radius 1 is 1.53 bits per heavy atom. The number of aromatic amines is 1. The van der Waals surface area contributed by atoms with E-state index in [0.717, 1.165) is 0 Å². The molecule has 1 aromatic heterocycles. The highest BCUT2D eigenvalue weighted by Gasteiger charge is 2.20. The lowest BCUT2D eigenvalue weighted by Crippen LogP contribution is -2.49. The van der Waals surface area contributed by atoms with Crippen molar-refractivity contribution in [3.8, 4) is 0 Å². The summed E-state index contributed by atoms with van der Waals surface area (Å²) >= 11 is 0. The van der Waals surface area contributed by atoms with Crippen molar-refractivity contribution in [2.75, 3.05) is 13.2 Å². The minimum absolute atomic E-state index is 0.0750. The van der Waals surface area contributed by atoms with Crippen molar-refractivity contribution in [3.63, 3.8) is 0 Å². The molecule has 1 unspecified atom stereocenters. The third kappa shape index (κ3) is 5.49. The third-order valence-corrected chi connectivity index (χ3v) is 2.40. The Labute approximate surface area is 110 Å². The zero-order valence-corrected chi connectivity index (χ0v) is 10.6. The Kier molecular flexibility index (Phi) is 5.97. The third-order valence-electron chi connectivity index (χ3n) is 2.40. The van der Waals surface area contributed by atoms with Gasteiger partial charge in [-0.3, -0.25) is 9.59 Å². The zero-order chi connectivity index (χ0) is 14.3. The molecule has 0 aliphatic carbocycles. The molecule has 5 N–H and O–H groups in total. The van der Waals surface area contributed by atoms with Crippen molar-refractivity contribution in [1.82, 2.24) is 20.6 Å². The molecule has 0 radical (unpaired) electrons. The number of hydrogen-bond acceptors (Lipinski definition) is 5. The van der Waals surface area contributed by atoms with Crippen LogP contribution in [0.5, 0.6) is 0 Å². The zero-order valence-electron chi connectivity index (χ0n) is 10.6. The number of hydrogen-bond donors (Lipinski definition) is 5. The quantitative estimate of drug-likeness (QED) is 0.389. The minimum atomic E-state index is -1.02. The maximum absolute atomic E-state index is 11.9. The van der Waals surface area contributed by atoms with E-state index in [1.807, 2.05) is 0 Å². The highest BCUT2D eigenvalue weighted by Crippen LogP contribution is 1.99. The van der Waals surface area contributed by atoms with Gasteiger partial charge in [-0.15, -0.1) is 0 Å². The number of nitrogens with zero attached hydrogens (tertiary/aromatic N) is 1. The molecule has 1 heterocycles. The van der Waals surface area contributed by atoms with Crippen molar-refractivity contribution in [2.45, 2.75) is 25.5 Å². The van der Waals surface area contributed by atoms with Gasteiger partial charge in [0.15, 0.2) is 0 Å². The van der Waals surface area contributed by atoms with Gasteiger partial charge in [0.1, 0.15) is 6.04 Å². The van der Waals surface area contributed by atoms with Gasteiger partial charge in [-0.25, -0.2) is 4.98 Å². The average molecular weight is 270 g/mol. The monoisotopic (exact) mass is 270 g/mol. The van der Waals surface area contributed by atoms with Gasteiger partial charge in [-0.05, 0) is 0 Å².